The van der Waals surface area contributed by atoms with E-state index in [1.165, 1.54) is 12.1 Å². The van der Waals surface area contributed by atoms with Gasteiger partial charge >= 0.3 is 6.16 Å². The molecule has 1 amide bonds. The molecule has 37 heavy (non-hydrogen) atoms. The number of hydrazone groups is 1. The van der Waals surface area contributed by atoms with E-state index in [1.807, 2.05) is 54.8 Å². The van der Waals surface area contributed by atoms with E-state index in [9.17, 15) is 14.7 Å². The molecule has 0 aliphatic carbocycles. The van der Waals surface area contributed by atoms with E-state index in [0.717, 1.165) is 16.3 Å². The first-order valence-electron chi connectivity index (χ1n) is 11.2. The number of para-hydroxylation sites is 2. The second-order valence-electron chi connectivity index (χ2n) is 8.03. The van der Waals surface area contributed by atoms with Crippen LogP contribution in [0, 0.1) is 0 Å². The molecule has 1 aliphatic heterocycles. The molecule has 0 atom stereocenters. The largest absolute Gasteiger partial charge is 0.511 e. The molecule has 0 saturated carbocycles. The standard InChI is InChI=1S/C28H21N3O5S/c1-37-20-14-12-18(13-15-20)31-24-11-3-2-8-22(24)25(27(31)33)30-29-23-10-5-9-21(26(23)32)17-6-4-7-19(16-17)36-28(34)35/h2-16,29,32H,1H3,(H,34,35). The molecular weight excluding hydrogens is 490 g/mol. The lowest BCUT2D eigenvalue weighted by molar-refractivity contribution is -0.111. The molecule has 184 valence electrons. The van der Waals surface area contributed by atoms with Gasteiger partial charge < -0.3 is 14.9 Å². The number of carboxylic acid groups (broad SMARTS) is 1. The van der Waals surface area contributed by atoms with Crippen molar-refractivity contribution in [3.8, 4) is 22.6 Å². The number of fused-ring (bicyclic) bond motifs is 1. The van der Waals surface area contributed by atoms with Crippen molar-refractivity contribution in [1.82, 2.24) is 0 Å². The van der Waals surface area contributed by atoms with Crippen molar-refractivity contribution in [2.45, 2.75) is 4.90 Å². The van der Waals surface area contributed by atoms with Crippen LogP contribution < -0.4 is 15.1 Å². The second-order valence-corrected chi connectivity index (χ2v) is 8.91. The number of anilines is 3. The monoisotopic (exact) mass is 511 g/mol. The fourth-order valence-electron chi connectivity index (χ4n) is 4.11. The lowest BCUT2D eigenvalue weighted by Crippen LogP contribution is -2.26. The average Bonchev–Trinajstić information content (AvgIpc) is 3.19. The van der Waals surface area contributed by atoms with Gasteiger partial charge in [-0.25, -0.2) is 4.79 Å². The number of ether oxygens (including phenoxy) is 1. The van der Waals surface area contributed by atoms with Crippen molar-refractivity contribution in [1.29, 1.82) is 0 Å². The normalized spacial score (nSPS) is 13.5. The summed E-state index contributed by atoms with van der Waals surface area (Å²) < 4.78 is 4.72. The maximum absolute atomic E-state index is 13.5. The van der Waals surface area contributed by atoms with E-state index in [0.29, 0.717) is 16.7 Å². The number of nitrogens with one attached hydrogen (secondary N) is 1. The minimum Gasteiger partial charge on any atom is -0.505 e. The molecule has 0 spiro atoms. The fourth-order valence-corrected chi connectivity index (χ4v) is 4.51. The smallest absolute Gasteiger partial charge is 0.505 e. The Bertz CT molecular complexity index is 1540. The number of hydrogen-bond acceptors (Lipinski definition) is 7. The summed E-state index contributed by atoms with van der Waals surface area (Å²) >= 11 is 1.62. The minimum atomic E-state index is -1.43. The lowest BCUT2D eigenvalue weighted by atomic mass is 10.0. The number of amides is 1. The van der Waals surface area contributed by atoms with Crippen molar-refractivity contribution in [3.05, 3.63) is 96.6 Å². The molecule has 0 aromatic heterocycles. The zero-order chi connectivity index (χ0) is 25.9. The van der Waals surface area contributed by atoms with Crippen LogP contribution in [0.2, 0.25) is 0 Å². The van der Waals surface area contributed by atoms with E-state index in [-0.39, 0.29) is 28.8 Å². The van der Waals surface area contributed by atoms with Crippen molar-refractivity contribution < 1.29 is 24.5 Å². The number of carbonyl (C=O) groups is 2. The third kappa shape index (κ3) is 4.72. The first kappa shape index (κ1) is 24.0. The summed E-state index contributed by atoms with van der Waals surface area (Å²) in [5.41, 5.74) is 6.44. The van der Waals surface area contributed by atoms with Crippen molar-refractivity contribution in [3.63, 3.8) is 0 Å². The molecule has 9 heteroatoms. The molecule has 0 saturated heterocycles. The Labute approximate surface area is 216 Å². The minimum absolute atomic E-state index is 0.109. The molecule has 4 aromatic rings. The predicted octanol–water partition coefficient (Wildman–Crippen LogP) is 6.33. The highest BCUT2D eigenvalue weighted by atomic mass is 32.2. The number of phenolic OH excluding ortho intramolecular Hbond substituents is 1. The van der Waals surface area contributed by atoms with Crippen LogP contribution in [-0.4, -0.2) is 34.2 Å². The van der Waals surface area contributed by atoms with Crippen LogP contribution in [0.1, 0.15) is 5.56 Å². The van der Waals surface area contributed by atoms with Gasteiger partial charge in [-0.3, -0.25) is 15.1 Å². The van der Waals surface area contributed by atoms with Gasteiger partial charge in [0.05, 0.1) is 11.4 Å². The predicted molar refractivity (Wildman–Crippen MR) is 144 cm³/mol. The molecule has 4 aromatic carbocycles. The number of aromatic hydroxyl groups is 1. The van der Waals surface area contributed by atoms with Gasteiger partial charge in [0, 0.05) is 21.7 Å². The molecule has 0 radical (unpaired) electrons. The van der Waals surface area contributed by atoms with Gasteiger partial charge in [-0.2, -0.15) is 5.10 Å². The van der Waals surface area contributed by atoms with Crippen molar-refractivity contribution >= 4 is 46.6 Å². The molecule has 1 heterocycles. The molecule has 0 unspecified atom stereocenters. The summed E-state index contributed by atoms with van der Waals surface area (Å²) in [6, 6.07) is 26.5. The zero-order valence-electron chi connectivity index (χ0n) is 19.6. The van der Waals surface area contributed by atoms with Crippen LogP contribution in [0.4, 0.5) is 21.9 Å². The molecule has 8 nitrogen and oxygen atoms in total. The third-order valence-corrected chi connectivity index (χ3v) is 6.55. The third-order valence-electron chi connectivity index (χ3n) is 5.81. The summed E-state index contributed by atoms with van der Waals surface area (Å²) in [6.45, 7) is 0. The van der Waals surface area contributed by atoms with E-state index in [4.69, 9.17) is 9.84 Å². The number of phenols is 1. The molecular formula is C28H21N3O5S. The van der Waals surface area contributed by atoms with Crippen LogP contribution in [0.5, 0.6) is 11.5 Å². The number of carbonyl (C=O) groups excluding carboxylic acids is 1. The number of thioether (sulfide) groups is 1. The van der Waals surface area contributed by atoms with Crippen LogP contribution in [0.25, 0.3) is 11.1 Å². The van der Waals surface area contributed by atoms with E-state index in [1.54, 1.807) is 47.0 Å². The Balaban J connectivity index is 1.47. The number of hydrogen-bond donors (Lipinski definition) is 3. The Morgan fingerprint density at radius 3 is 2.43 bits per heavy atom. The number of benzene rings is 4. The number of rotatable bonds is 6. The molecule has 0 bridgehead atoms. The molecule has 0 fully saturated rings. The van der Waals surface area contributed by atoms with E-state index < -0.39 is 6.16 Å². The maximum Gasteiger partial charge on any atom is 0.511 e. The second kappa shape index (κ2) is 10.1. The highest BCUT2D eigenvalue weighted by molar-refractivity contribution is 7.98. The van der Waals surface area contributed by atoms with Crippen LogP contribution in [0.15, 0.2) is 101 Å². The number of nitrogens with zero attached hydrogens (tertiary/aromatic N) is 2. The van der Waals surface area contributed by atoms with Gasteiger partial charge in [0.2, 0.25) is 0 Å². The highest BCUT2D eigenvalue weighted by Gasteiger charge is 2.35. The van der Waals surface area contributed by atoms with E-state index in [2.05, 4.69) is 10.5 Å². The topological polar surface area (TPSA) is 111 Å². The van der Waals surface area contributed by atoms with E-state index >= 15 is 0 Å². The molecule has 5 rings (SSSR count). The Morgan fingerprint density at radius 2 is 1.68 bits per heavy atom. The SMILES string of the molecule is CSc1ccc(N2C(=O)C(=NNc3cccc(-c4cccc(OC(=O)O)c4)c3O)c3ccccc32)cc1. The molecule has 3 N–H and O–H groups in total. The Kier molecular flexibility index (Phi) is 6.53. The maximum atomic E-state index is 13.5. The van der Waals surface area contributed by atoms with Crippen molar-refractivity contribution in [2.24, 2.45) is 5.10 Å². The van der Waals surface area contributed by atoms with Gasteiger partial charge in [0.1, 0.15) is 11.5 Å². The summed E-state index contributed by atoms with van der Waals surface area (Å²) in [7, 11) is 0. The average molecular weight is 512 g/mol. The Hall–Kier alpha value is -4.76. The summed E-state index contributed by atoms with van der Waals surface area (Å²) in [5, 5.41) is 24.2. The highest BCUT2D eigenvalue weighted by Crippen LogP contribution is 2.38. The van der Waals surface area contributed by atoms with Gasteiger partial charge in [0.25, 0.3) is 5.91 Å². The lowest BCUT2D eigenvalue weighted by Gasteiger charge is -2.17. The van der Waals surface area contributed by atoms with Gasteiger partial charge in [-0.15, -0.1) is 11.8 Å². The summed E-state index contributed by atoms with van der Waals surface area (Å²) in [6.07, 6.45) is 0.565. The molecule has 1 aliphatic rings. The fraction of sp³-hybridized carbons (Fsp3) is 0.0357. The Morgan fingerprint density at radius 1 is 0.946 bits per heavy atom. The summed E-state index contributed by atoms with van der Waals surface area (Å²) in [5.74, 6) is -0.274. The van der Waals surface area contributed by atoms with Crippen LogP contribution >= 0.6 is 11.8 Å². The first-order valence-corrected chi connectivity index (χ1v) is 12.4. The summed E-state index contributed by atoms with van der Waals surface area (Å²) in [4.78, 5) is 27.0. The van der Waals surface area contributed by atoms with Crippen molar-refractivity contribution in [2.75, 3.05) is 16.6 Å². The first-order chi connectivity index (χ1) is 18.0. The van der Waals surface area contributed by atoms with Gasteiger partial charge in [-0.1, -0.05) is 42.5 Å². The van der Waals surface area contributed by atoms with Gasteiger partial charge in [0.15, 0.2) is 5.71 Å². The van der Waals surface area contributed by atoms with Crippen LogP contribution in [-0.2, 0) is 4.79 Å². The van der Waals surface area contributed by atoms with Crippen LogP contribution in [0.3, 0.4) is 0 Å². The quantitative estimate of drug-likeness (QED) is 0.0911. The zero-order valence-corrected chi connectivity index (χ0v) is 20.4. The van der Waals surface area contributed by atoms with Gasteiger partial charge in [-0.05, 0) is 60.4 Å².